The van der Waals surface area contributed by atoms with Gasteiger partial charge in [-0.1, -0.05) is 13.8 Å². The van der Waals surface area contributed by atoms with E-state index in [0.717, 1.165) is 17.3 Å². The Morgan fingerprint density at radius 2 is 1.85 bits per heavy atom. The van der Waals surface area contributed by atoms with E-state index >= 15 is 0 Å². The predicted molar refractivity (Wildman–Crippen MR) is 92.3 cm³/mol. The van der Waals surface area contributed by atoms with Crippen LogP contribution in [-0.2, 0) is 25.6 Å². The smallest absolute Gasteiger partial charge is 0.363 e. The van der Waals surface area contributed by atoms with Crippen LogP contribution in [0.3, 0.4) is 0 Å². The Morgan fingerprint density at radius 3 is 2.38 bits per heavy atom. The molecule has 0 spiro atoms. The number of nitrogens with zero attached hydrogens (tertiary/aromatic N) is 4. The molecule has 0 aliphatic heterocycles. The van der Waals surface area contributed by atoms with Gasteiger partial charge in [-0.2, -0.15) is 23.3 Å². The maximum atomic E-state index is 13.1. The number of H-pyrrole nitrogens is 1. The standard InChI is InChI=1S/C16H21F3N6O/c1-5-9-10(14(26)24-23-11(9)6-2)8-20-15-21-12(16(17,18)19)7-13(22-15)25(3)4/h7H,5-6,8H2,1-4H3,(H,24,26)(H,20,21,22). The van der Waals surface area contributed by atoms with Gasteiger partial charge < -0.3 is 10.2 Å². The molecule has 2 rings (SSSR count). The molecule has 0 amide bonds. The van der Waals surface area contributed by atoms with Crippen molar-refractivity contribution < 1.29 is 13.2 Å². The first kappa shape index (κ1) is 19.7. The van der Waals surface area contributed by atoms with Gasteiger partial charge in [0.1, 0.15) is 5.82 Å². The van der Waals surface area contributed by atoms with Crippen LogP contribution in [0.4, 0.5) is 24.9 Å². The van der Waals surface area contributed by atoms with Gasteiger partial charge in [-0.05, 0) is 18.4 Å². The van der Waals surface area contributed by atoms with Crippen molar-refractivity contribution in [2.45, 2.75) is 39.4 Å². The summed E-state index contributed by atoms with van der Waals surface area (Å²) < 4.78 is 39.2. The Hall–Kier alpha value is -2.65. The number of halogens is 3. The van der Waals surface area contributed by atoms with E-state index in [1.807, 2.05) is 13.8 Å². The molecule has 7 nitrogen and oxygen atoms in total. The Balaban J connectivity index is 2.38. The summed E-state index contributed by atoms with van der Waals surface area (Å²) in [7, 11) is 3.17. The zero-order chi connectivity index (χ0) is 19.5. The SMILES string of the molecule is CCc1n[nH]c(=O)c(CNc2nc(N(C)C)cc(C(F)(F)F)n2)c1CC. The normalized spacial score (nSPS) is 11.5. The minimum atomic E-state index is -4.60. The van der Waals surface area contributed by atoms with Crippen LogP contribution in [0.1, 0.15) is 36.4 Å². The lowest BCUT2D eigenvalue weighted by molar-refractivity contribution is -0.141. The van der Waals surface area contributed by atoms with Crippen LogP contribution in [0.25, 0.3) is 0 Å². The largest absolute Gasteiger partial charge is 0.433 e. The molecule has 0 unspecified atom stereocenters. The third kappa shape index (κ3) is 4.30. The highest BCUT2D eigenvalue weighted by Gasteiger charge is 2.34. The molecule has 0 fully saturated rings. The summed E-state index contributed by atoms with van der Waals surface area (Å²) >= 11 is 0. The average Bonchev–Trinajstić information content (AvgIpc) is 2.59. The van der Waals surface area contributed by atoms with Crippen molar-refractivity contribution >= 4 is 11.8 Å². The van der Waals surface area contributed by atoms with E-state index < -0.39 is 11.9 Å². The molecule has 0 saturated carbocycles. The molecular weight excluding hydrogens is 349 g/mol. The monoisotopic (exact) mass is 370 g/mol. The maximum Gasteiger partial charge on any atom is 0.433 e. The van der Waals surface area contributed by atoms with E-state index in [1.54, 1.807) is 14.1 Å². The van der Waals surface area contributed by atoms with Crippen LogP contribution >= 0.6 is 0 Å². The number of rotatable bonds is 6. The van der Waals surface area contributed by atoms with Crippen LogP contribution in [0.15, 0.2) is 10.9 Å². The Labute approximate surface area is 148 Å². The van der Waals surface area contributed by atoms with Gasteiger partial charge in [-0.25, -0.2) is 10.1 Å². The van der Waals surface area contributed by atoms with Crippen molar-refractivity contribution in [3.05, 3.63) is 38.9 Å². The van der Waals surface area contributed by atoms with Crippen LogP contribution in [0.5, 0.6) is 0 Å². The van der Waals surface area contributed by atoms with E-state index in [1.165, 1.54) is 4.90 Å². The first-order valence-electron chi connectivity index (χ1n) is 8.14. The fraction of sp³-hybridized carbons (Fsp3) is 0.500. The third-order valence-electron chi connectivity index (χ3n) is 3.85. The lowest BCUT2D eigenvalue weighted by atomic mass is 10.0. The van der Waals surface area contributed by atoms with Crippen molar-refractivity contribution in [2.75, 3.05) is 24.3 Å². The number of alkyl halides is 3. The zero-order valence-electron chi connectivity index (χ0n) is 15.0. The summed E-state index contributed by atoms with van der Waals surface area (Å²) in [5.41, 5.74) is 0.525. The van der Waals surface area contributed by atoms with Gasteiger partial charge in [-0.15, -0.1) is 0 Å². The lowest BCUT2D eigenvalue weighted by Gasteiger charge is -2.16. The number of aromatic amines is 1. The minimum absolute atomic E-state index is 0.00219. The molecule has 2 N–H and O–H groups in total. The van der Waals surface area contributed by atoms with Crippen LogP contribution in [0, 0.1) is 0 Å². The van der Waals surface area contributed by atoms with E-state index in [-0.39, 0.29) is 23.9 Å². The highest BCUT2D eigenvalue weighted by Crippen LogP contribution is 2.30. The van der Waals surface area contributed by atoms with Crippen LogP contribution in [-0.4, -0.2) is 34.3 Å². The third-order valence-corrected chi connectivity index (χ3v) is 3.85. The van der Waals surface area contributed by atoms with E-state index in [0.29, 0.717) is 18.4 Å². The summed E-state index contributed by atoms with van der Waals surface area (Å²) in [5.74, 6) is -0.0803. The molecular formula is C16H21F3N6O. The van der Waals surface area contributed by atoms with Gasteiger partial charge in [0.25, 0.3) is 5.56 Å². The summed E-state index contributed by atoms with van der Waals surface area (Å²) in [6, 6.07) is 0.872. The summed E-state index contributed by atoms with van der Waals surface area (Å²) in [6.45, 7) is 3.81. The fourth-order valence-electron chi connectivity index (χ4n) is 2.52. The molecule has 0 radical (unpaired) electrons. The molecule has 26 heavy (non-hydrogen) atoms. The molecule has 0 aliphatic carbocycles. The molecule has 2 aromatic rings. The summed E-state index contributed by atoms with van der Waals surface area (Å²) in [4.78, 5) is 21.1. The Kier molecular flexibility index (Phi) is 5.83. The molecule has 2 aromatic heterocycles. The van der Waals surface area contributed by atoms with Crippen molar-refractivity contribution in [3.63, 3.8) is 0 Å². The molecule has 0 aromatic carbocycles. The van der Waals surface area contributed by atoms with E-state index in [9.17, 15) is 18.0 Å². The maximum absolute atomic E-state index is 13.1. The Morgan fingerprint density at radius 1 is 1.15 bits per heavy atom. The van der Waals surface area contributed by atoms with E-state index in [2.05, 4.69) is 25.5 Å². The first-order valence-corrected chi connectivity index (χ1v) is 8.14. The highest BCUT2D eigenvalue weighted by molar-refractivity contribution is 5.45. The van der Waals surface area contributed by atoms with Crippen LogP contribution < -0.4 is 15.8 Å². The molecule has 0 atom stereocenters. The molecule has 0 saturated heterocycles. The number of aryl methyl sites for hydroxylation is 1. The molecule has 0 bridgehead atoms. The summed E-state index contributed by atoms with van der Waals surface area (Å²) in [5, 5.41) is 9.17. The second kappa shape index (κ2) is 7.71. The number of aromatic nitrogens is 4. The molecule has 0 aliphatic rings. The Bertz CT molecular complexity index is 832. The predicted octanol–water partition coefficient (Wildman–Crippen LogP) is 2.38. The fourth-order valence-corrected chi connectivity index (χ4v) is 2.52. The van der Waals surface area contributed by atoms with Gasteiger partial charge in [0, 0.05) is 32.3 Å². The highest BCUT2D eigenvalue weighted by atomic mass is 19.4. The van der Waals surface area contributed by atoms with Crippen molar-refractivity contribution in [1.29, 1.82) is 0 Å². The topological polar surface area (TPSA) is 86.8 Å². The van der Waals surface area contributed by atoms with Gasteiger partial charge >= 0.3 is 6.18 Å². The van der Waals surface area contributed by atoms with Crippen molar-refractivity contribution in [1.82, 2.24) is 20.2 Å². The molecule has 142 valence electrons. The number of hydrogen-bond donors (Lipinski definition) is 2. The van der Waals surface area contributed by atoms with Gasteiger partial charge in [-0.3, -0.25) is 4.79 Å². The zero-order valence-corrected chi connectivity index (χ0v) is 15.0. The second-order valence-corrected chi connectivity index (χ2v) is 5.84. The second-order valence-electron chi connectivity index (χ2n) is 5.84. The first-order chi connectivity index (χ1) is 12.2. The molecule has 10 heteroatoms. The average molecular weight is 370 g/mol. The lowest BCUT2D eigenvalue weighted by Crippen LogP contribution is -2.23. The number of nitrogens with one attached hydrogen (secondary N) is 2. The van der Waals surface area contributed by atoms with Gasteiger partial charge in [0.2, 0.25) is 5.95 Å². The molecule has 2 heterocycles. The number of hydrogen-bond acceptors (Lipinski definition) is 6. The van der Waals surface area contributed by atoms with Gasteiger partial charge in [0.05, 0.1) is 5.69 Å². The van der Waals surface area contributed by atoms with Crippen molar-refractivity contribution in [3.8, 4) is 0 Å². The summed E-state index contributed by atoms with van der Waals surface area (Å²) in [6.07, 6.45) is -3.37. The van der Waals surface area contributed by atoms with Crippen LogP contribution in [0.2, 0.25) is 0 Å². The quantitative estimate of drug-likeness (QED) is 0.812. The van der Waals surface area contributed by atoms with Gasteiger partial charge in [0.15, 0.2) is 5.69 Å². The van der Waals surface area contributed by atoms with E-state index in [4.69, 9.17) is 0 Å². The number of anilines is 2. The van der Waals surface area contributed by atoms with Crippen molar-refractivity contribution in [2.24, 2.45) is 0 Å². The minimum Gasteiger partial charge on any atom is -0.363 e.